The molecule has 1 aromatic rings. The lowest BCUT2D eigenvalue weighted by Crippen LogP contribution is -2.50. The van der Waals surface area contributed by atoms with Gasteiger partial charge in [-0.1, -0.05) is 6.92 Å². The summed E-state index contributed by atoms with van der Waals surface area (Å²) in [5, 5.41) is 0. The standard InChI is InChI=1S/C16H19F4N3OS/c1-3-14-21-15-12(4-10(17)5-13(15)25-22-14)23-7-9(2)24-8-11(23)6-16(18,19)20/h4-5,9,11H,3,6-8H2,1-2H3,(H,21,22). The van der Waals surface area contributed by atoms with Crippen molar-refractivity contribution in [2.24, 2.45) is 4.99 Å². The van der Waals surface area contributed by atoms with Gasteiger partial charge in [-0.25, -0.2) is 9.38 Å². The number of rotatable bonds is 3. The summed E-state index contributed by atoms with van der Waals surface area (Å²) in [4.78, 5) is 6.65. The Kier molecular flexibility index (Phi) is 5.15. The molecule has 9 heteroatoms. The quantitative estimate of drug-likeness (QED) is 0.625. The van der Waals surface area contributed by atoms with E-state index in [2.05, 4.69) is 9.71 Å². The lowest BCUT2D eigenvalue weighted by atomic mass is 10.1. The van der Waals surface area contributed by atoms with Crippen LogP contribution in [0.4, 0.5) is 28.9 Å². The normalized spacial score (nSPS) is 23.8. The average molecular weight is 377 g/mol. The van der Waals surface area contributed by atoms with Crippen LogP contribution < -0.4 is 9.62 Å². The third-order valence-electron chi connectivity index (χ3n) is 4.12. The van der Waals surface area contributed by atoms with E-state index in [1.807, 2.05) is 6.92 Å². The molecule has 0 spiro atoms. The van der Waals surface area contributed by atoms with E-state index in [0.717, 1.165) is 0 Å². The molecule has 2 unspecified atom stereocenters. The van der Waals surface area contributed by atoms with E-state index in [1.54, 1.807) is 11.8 Å². The number of hydrogen-bond donors (Lipinski definition) is 1. The maximum atomic E-state index is 14.1. The summed E-state index contributed by atoms with van der Waals surface area (Å²) in [6.07, 6.45) is -4.93. The molecule has 2 aliphatic rings. The zero-order valence-corrected chi connectivity index (χ0v) is 14.7. The Morgan fingerprint density at radius 2 is 2.16 bits per heavy atom. The van der Waals surface area contributed by atoms with E-state index in [4.69, 9.17) is 4.74 Å². The summed E-state index contributed by atoms with van der Waals surface area (Å²) in [6.45, 7) is 3.91. The molecule has 0 radical (unpaired) electrons. The minimum atomic E-state index is -4.33. The van der Waals surface area contributed by atoms with Crippen LogP contribution in [-0.2, 0) is 4.74 Å². The molecule has 0 aliphatic carbocycles. The van der Waals surface area contributed by atoms with Crippen LogP contribution in [0.3, 0.4) is 0 Å². The summed E-state index contributed by atoms with van der Waals surface area (Å²) in [7, 11) is 0. The fraction of sp³-hybridized carbons (Fsp3) is 0.562. The van der Waals surface area contributed by atoms with Crippen molar-refractivity contribution in [1.82, 2.24) is 4.72 Å². The van der Waals surface area contributed by atoms with Crippen molar-refractivity contribution in [1.29, 1.82) is 0 Å². The number of nitrogens with zero attached hydrogens (tertiary/aromatic N) is 2. The number of nitrogens with one attached hydrogen (secondary N) is 1. The molecule has 1 aromatic carbocycles. The summed E-state index contributed by atoms with van der Waals surface area (Å²) in [5.41, 5.74) is 0.905. The number of hydrogen-bond acceptors (Lipinski definition) is 5. The number of alkyl halides is 3. The van der Waals surface area contributed by atoms with Crippen LogP contribution in [0.15, 0.2) is 22.0 Å². The Labute approximate surface area is 147 Å². The Balaban J connectivity index is 2.03. The first kappa shape index (κ1) is 18.3. The molecule has 2 aliphatic heterocycles. The lowest BCUT2D eigenvalue weighted by molar-refractivity contribution is -0.145. The second-order valence-corrected chi connectivity index (χ2v) is 7.01. The van der Waals surface area contributed by atoms with Gasteiger partial charge in [-0.05, 0) is 31.0 Å². The highest BCUT2D eigenvalue weighted by Crippen LogP contribution is 2.43. The van der Waals surface area contributed by atoms with E-state index < -0.39 is 24.5 Å². The predicted molar refractivity (Wildman–Crippen MR) is 90.0 cm³/mol. The van der Waals surface area contributed by atoms with Gasteiger partial charge in [-0.15, -0.1) is 0 Å². The molecule has 2 atom stereocenters. The van der Waals surface area contributed by atoms with Gasteiger partial charge in [0, 0.05) is 13.0 Å². The SMILES string of the molecule is CCC1=Nc2c(cc(F)cc2N2CC(C)OCC2CC(F)(F)F)SN1. The fourth-order valence-corrected chi connectivity index (χ4v) is 3.80. The van der Waals surface area contributed by atoms with Crippen molar-refractivity contribution >= 4 is 29.2 Å². The lowest BCUT2D eigenvalue weighted by Gasteiger charge is -2.41. The van der Waals surface area contributed by atoms with Crippen LogP contribution in [0.5, 0.6) is 0 Å². The van der Waals surface area contributed by atoms with Gasteiger partial charge in [-0.3, -0.25) is 0 Å². The second-order valence-electron chi connectivity index (χ2n) is 6.16. The first-order chi connectivity index (χ1) is 11.8. The van der Waals surface area contributed by atoms with Gasteiger partial charge in [0.1, 0.15) is 17.3 Å². The van der Waals surface area contributed by atoms with Crippen molar-refractivity contribution in [2.75, 3.05) is 18.1 Å². The van der Waals surface area contributed by atoms with E-state index >= 15 is 0 Å². The number of ether oxygens (including phenoxy) is 1. The smallest absolute Gasteiger partial charge is 0.375 e. The van der Waals surface area contributed by atoms with Crippen LogP contribution in [0.2, 0.25) is 0 Å². The van der Waals surface area contributed by atoms with Gasteiger partial charge in [-0.2, -0.15) is 13.2 Å². The van der Waals surface area contributed by atoms with Crippen molar-refractivity contribution in [3.8, 4) is 0 Å². The number of amidine groups is 1. The molecule has 25 heavy (non-hydrogen) atoms. The largest absolute Gasteiger partial charge is 0.391 e. The summed E-state index contributed by atoms with van der Waals surface area (Å²) >= 11 is 1.23. The van der Waals surface area contributed by atoms with Gasteiger partial charge in [0.25, 0.3) is 0 Å². The van der Waals surface area contributed by atoms with Crippen LogP contribution >= 0.6 is 11.9 Å². The maximum absolute atomic E-state index is 14.1. The molecule has 138 valence electrons. The molecule has 4 nitrogen and oxygen atoms in total. The molecule has 0 saturated carbocycles. The molecule has 1 saturated heterocycles. The van der Waals surface area contributed by atoms with Crippen molar-refractivity contribution < 1.29 is 22.3 Å². The Hall–Kier alpha value is -1.48. The molecular weight excluding hydrogens is 358 g/mol. The number of aliphatic imine (C=N–C) groups is 1. The van der Waals surface area contributed by atoms with E-state index in [-0.39, 0.29) is 19.3 Å². The third kappa shape index (κ3) is 4.20. The number of morpholine rings is 1. The average Bonchev–Trinajstić information content (AvgIpc) is 2.54. The Morgan fingerprint density at radius 1 is 1.40 bits per heavy atom. The van der Waals surface area contributed by atoms with E-state index in [9.17, 15) is 17.6 Å². The van der Waals surface area contributed by atoms with Crippen LogP contribution in [-0.4, -0.2) is 37.3 Å². The summed E-state index contributed by atoms with van der Waals surface area (Å²) < 4.78 is 61.4. The van der Waals surface area contributed by atoms with E-state index in [1.165, 1.54) is 24.1 Å². The zero-order chi connectivity index (χ0) is 18.2. The van der Waals surface area contributed by atoms with Crippen LogP contribution in [0, 0.1) is 5.82 Å². The second kappa shape index (κ2) is 7.03. The Morgan fingerprint density at radius 3 is 2.84 bits per heavy atom. The predicted octanol–water partition coefficient (Wildman–Crippen LogP) is 4.42. The highest BCUT2D eigenvalue weighted by atomic mass is 32.2. The monoisotopic (exact) mass is 377 g/mol. The number of halogens is 4. The molecule has 2 heterocycles. The third-order valence-corrected chi connectivity index (χ3v) is 4.99. The summed E-state index contributed by atoms with van der Waals surface area (Å²) in [6, 6.07) is 1.71. The van der Waals surface area contributed by atoms with Gasteiger partial charge in [0.05, 0.1) is 35.8 Å². The number of benzene rings is 1. The van der Waals surface area contributed by atoms with Crippen molar-refractivity contribution in [2.45, 2.75) is 49.9 Å². The van der Waals surface area contributed by atoms with E-state index in [0.29, 0.717) is 28.5 Å². The first-order valence-corrected chi connectivity index (χ1v) is 8.87. The highest BCUT2D eigenvalue weighted by molar-refractivity contribution is 7.98. The minimum Gasteiger partial charge on any atom is -0.375 e. The molecule has 1 N–H and O–H groups in total. The fourth-order valence-electron chi connectivity index (χ4n) is 2.97. The number of fused-ring (bicyclic) bond motifs is 1. The van der Waals surface area contributed by atoms with Crippen molar-refractivity contribution in [3.05, 3.63) is 17.9 Å². The molecule has 0 aromatic heterocycles. The molecule has 0 amide bonds. The number of anilines is 1. The highest BCUT2D eigenvalue weighted by Gasteiger charge is 2.39. The van der Waals surface area contributed by atoms with Crippen LogP contribution in [0.25, 0.3) is 0 Å². The van der Waals surface area contributed by atoms with Crippen LogP contribution in [0.1, 0.15) is 26.7 Å². The first-order valence-electron chi connectivity index (χ1n) is 8.05. The van der Waals surface area contributed by atoms with Gasteiger partial charge >= 0.3 is 6.18 Å². The van der Waals surface area contributed by atoms with Crippen molar-refractivity contribution in [3.63, 3.8) is 0 Å². The summed E-state index contributed by atoms with van der Waals surface area (Å²) in [5.74, 6) is 0.210. The maximum Gasteiger partial charge on any atom is 0.391 e. The van der Waals surface area contributed by atoms with Gasteiger partial charge < -0.3 is 14.4 Å². The minimum absolute atomic E-state index is 0.0539. The molecule has 1 fully saturated rings. The molecule has 0 bridgehead atoms. The molecule has 3 rings (SSSR count). The molecular formula is C16H19F4N3OS. The topological polar surface area (TPSA) is 36.9 Å². The van der Waals surface area contributed by atoms with Gasteiger partial charge in [0.15, 0.2) is 0 Å². The Bertz CT molecular complexity index is 680. The van der Waals surface area contributed by atoms with Gasteiger partial charge in [0.2, 0.25) is 0 Å². The zero-order valence-electron chi connectivity index (χ0n) is 13.9.